The summed E-state index contributed by atoms with van der Waals surface area (Å²) in [6.07, 6.45) is 2.89. The van der Waals surface area contributed by atoms with Crippen molar-refractivity contribution >= 4 is 0 Å². The summed E-state index contributed by atoms with van der Waals surface area (Å²) in [5, 5.41) is 3.54. The Morgan fingerprint density at radius 3 is 2.57 bits per heavy atom. The standard InChI is InChI=1S/C17H20N2O2/c1-11-4-5-14(19-10-11)17-13-9-16(21-3)15(20-2)8-12(13)6-7-18-17/h4-5,8-10,17-18H,6-7H2,1-3H3. The first-order valence-corrected chi connectivity index (χ1v) is 7.13. The molecule has 1 aromatic carbocycles. The normalized spacial score (nSPS) is 17.2. The minimum absolute atomic E-state index is 0.106. The Kier molecular flexibility index (Phi) is 3.80. The molecule has 1 N–H and O–H groups in total. The summed E-state index contributed by atoms with van der Waals surface area (Å²) >= 11 is 0. The van der Waals surface area contributed by atoms with Crippen LogP contribution in [0.1, 0.15) is 28.4 Å². The van der Waals surface area contributed by atoms with Crippen molar-refractivity contribution in [2.24, 2.45) is 0 Å². The molecule has 0 saturated heterocycles. The monoisotopic (exact) mass is 284 g/mol. The smallest absolute Gasteiger partial charge is 0.161 e. The molecule has 0 amide bonds. The van der Waals surface area contributed by atoms with Crippen LogP contribution in [0.5, 0.6) is 11.5 Å². The lowest BCUT2D eigenvalue weighted by Gasteiger charge is -2.27. The van der Waals surface area contributed by atoms with Gasteiger partial charge in [-0.15, -0.1) is 0 Å². The molecular formula is C17H20N2O2. The molecule has 2 heterocycles. The molecule has 4 heteroatoms. The van der Waals surface area contributed by atoms with E-state index in [1.54, 1.807) is 14.2 Å². The van der Waals surface area contributed by atoms with Gasteiger partial charge < -0.3 is 14.8 Å². The van der Waals surface area contributed by atoms with Gasteiger partial charge in [-0.1, -0.05) is 6.07 Å². The minimum atomic E-state index is 0.106. The molecule has 110 valence electrons. The lowest BCUT2D eigenvalue weighted by molar-refractivity contribution is 0.352. The van der Waals surface area contributed by atoms with E-state index in [-0.39, 0.29) is 6.04 Å². The van der Waals surface area contributed by atoms with Gasteiger partial charge >= 0.3 is 0 Å². The van der Waals surface area contributed by atoms with Crippen LogP contribution in [-0.2, 0) is 6.42 Å². The van der Waals surface area contributed by atoms with Gasteiger partial charge in [-0.25, -0.2) is 0 Å². The van der Waals surface area contributed by atoms with Crippen molar-refractivity contribution < 1.29 is 9.47 Å². The molecule has 1 aliphatic heterocycles. The van der Waals surface area contributed by atoms with Gasteiger partial charge in [0.15, 0.2) is 11.5 Å². The highest BCUT2D eigenvalue weighted by Gasteiger charge is 2.24. The van der Waals surface area contributed by atoms with Gasteiger partial charge in [-0.2, -0.15) is 0 Å². The molecule has 0 fully saturated rings. The highest BCUT2D eigenvalue weighted by Crippen LogP contribution is 2.36. The van der Waals surface area contributed by atoms with Crippen molar-refractivity contribution in [3.8, 4) is 11.5 Å². The highest BCUT2D eigenvalue weighted by molar-refractivity contribution is 5.51. The number of benzene rings is 1. The Labute approximate surface area is 125 Å². The van der Waals surface area contributed by atoms with Crippen LogP contribution in [0.4, 0.5) is 0 Å². The van der Waals surface area contributed by atoms with Crippen molar-refractivity contribution in [2.75, 3.05) is 20.8 Å². The molecule has 1 unspecified atom stereocenters. The molecule has 0 spiro atoms. The van der Waals surface area contributed by atoms with E-state index >= 15 is 0 Å². The Bertz CT molecular complexity index is 638. The third kappa shape index (κ3) is 2.59. The van der Waals surface area contributed by atoms with E-state index < -0.39 is 0 Å². The zero-order chi connectivity index (χ0) is 14.8. The van der Waals surface area contributed by atoms with E-state index in [9.17, 15) is 0 Å². The van der Waals surface area contributed by atoms with Gasteiger partial charge in [0.25, 0.3) is 0 Å². The predicted molar refractivity (Wildman–Crippen MR) is 82.1 cm³/mol. The van der Waals surface area contributed by atoms with Gasteiger partial charge in [0.1, 0.15) is 0 Å². The van der Waals surface area contributed by atoms with E-state index in [0.29, 0.717) is 0 Å². The van der Waals surface area contributed by atoms with Gasteiger partial charge in [-0.05, 0) is 48.2 Å². The van der Waals surface area contributed by atoms with Gasteiger partial charge in [0.2, 0.25) is 0 Å². The maximum absolute atomic E-state index is 5.43. The lowest BCUT2D eigenvalue weighted by Crippen LogP contribution is -2.31. The zero-order valence-electron chi connectivity index (χ0n) is 12.6. The minimum Gasteiger partial charge on any atom is -0.493 e. The first-order chi connectivity index (χ1) is 10.2. The van der Waals surface area contributed by atoms with E-state index in [1.165, 1.54) is 16.7 Å². The van der Waals surface area contributed by atoms with Gasteiger partial charge in [0.05, 0.1) is 26.0 Å². The van der Waals surface area contributed by atoms with Crippen LogP contribution >= 0.6 is 0 Å². The molecule has 0 saturated carbocycles. The summed E-state index contributed by atoms with van der Waals surface area (Å²) in [6, 6.07) is 8.43. The molecule has 1 atom stereocenters. The first kappa shape index (κ1) is 13.9. The summed E-state index contributed by atoms with van der Waals surface area (Å²) in [5.74, 6) is 1.55. The van der Waals surface area contributed by atoms with E-state index in [0.717, 1.165) is 30.2 Å². The number of rotatable bonds is 3. The Morgan fingerprint density at radius 1 is 1.14 bits per heavy atom. The summed E-state index contributed by atoms with van der Waals surface area (Å²) in [7, 11) is 3.34. The van der Waals surface area contributed by atoms with Crippen molar-refractivity contribution in [1.29, 1.82) is 0 Å². The third-order valence-electron chi connectivity index (χ3n) is 3.93. The number of fused-ring (bicyclic) bond motifs is 1. The average Bonchev–Trinajstić information content (AvgIpc) is 2.53. The number of aryl methyl sites for hydroxylation is 1. The number of pyridine rings is 1. The van der Waals surface area contributed by atoms with Gasteiger partial charge in [-0.3, -0.25) is 4.98 Å². The predicted octanol–water partition coefficient (Wildman–Crippen LogP) is 2.64. The maximum atomic E-state index is 5.43. The lowest BCUT2D eigenvalue weighted by atomic mass is 9.91. The topological polar surface area (TPSA) is 43.4 Å². The Morgan fingerprint density at radius 2 is 1.90 bits per heavy atom. The molecule has 4 nitrogen and oxygen atoms in total. The summed E-state index contributed by atoms with van der Waals surface area (Å²) < 4.78 is 10.8. The Hall–Kier alpha value is -2.07. The van der Waals surface area contributed by atoms with Crippen LogP contribution < -0.4 is 14.8 Å². The van der Waals surface area contributed by atoms with Crippen molar-refractivity contribution in [1.82, 2.24) is 10.3 Å². The fraction of sp³-hybridized carbons (Fsp3) is 0.353. The summed E-state index contributed by atoms with van der Waals surface area (Å²) in [6.45, 7) is 2.98. The number of methoxy groups -OCH3 is 2. The fourth-order valence-corrected chi connectivity index (χ4v) is 2.80. The first-order valence-electron chi connectivity index (χ1n) is 7.13. The molecule has 1 aliphatic rings. The second kappa shape index (κ2) is 5.74. The van der Waals surface area contributed by atoms with E-state index in [1.807, 2.05) is 13.1 Å². The fourth-order valence-electron chi connectivity index (χ4n) is 2.80. The number of aromatic nitrogens is 1. The SMILES string of the molecule is COc1cc2c(cc1OC)C(c1ccc(C)cn1)NCC2. The number of nitrogens with one attached hydrogen (secondary N) is 1. The molecular weight excluding hydrogens is 264 g/mol. The highest BCUT2D eigenvalue weighted by atomic mass is 16.5. The van der Waals surface area contributed by atoms with Gasteiger partial charge in [0, 0.05) is 12.7 Å². The molecule has 1 aromatic heterocycles. The van der Waals surface area contributed by atoms with Crippen LogP contribution in [0.3, 0.4) is 0 Å². The molecule has 2 aromatic rings. The molecule has 0 radical (unpaired) electrons. The second-order valence-corrected chi connectivity index (χ2v) is 5.30. The van der Waals surface area contributed by atoms with Crippen molar-refractivity contribution in [3.05, 3.63) is 52.8 Å². The van der Waals surface area contributed by atoms with Crippen LogP contribution in [-0.4, -0.2) is 25.7 Å². The molecule has 3 rings (SSSR count). The third-order valence-corrected chi connectivity index (χ3v) is 3.93. The van der Waals surface area contributed by atoms with Crippen molar-refractivity contribution in [2.45, 2.75) is 19.4 Å². The maximum Gasteiger partial charge on any atom is 0.161 e. The summed E-state index contributed by atoms with van der Waals surface area (Å²) in [4.78, 5) is 4.56. The van der Waals surface area contributed by atoms with Crippen LogP contribution in [0.2, 0.25) is 0 Å². The van der Waals surface area contributed by atoms with E-state index in [2.05, 4.69) is 34.6 Å². The summed E-state index contributed by atoms with van der Waals surface area (Å²) in [5.41, 5.74) is 4.71. The van der Waals surface area contributed by atoms with Crippen LogP contribution in [0.25, 0.3) is 0 Å². The van der Waals surface area contributed by atoms with Crippen LogP contribution in [0.15, 0.2) is 30.5 Å². The molecule has 0 bridgehead atoms. The second-order valence-electron chi connectivity index (χ2n) is 5.30. The molecule has 21 heavy (non-hydrogen) atoms. The quantitative estimate of drug-likeness (QED) is 0.941. The Balaban J connectivity index is 2.06. The zero-order valence-corrected chi connectivity index (χ0v) is 12.6. The average molecular weight is 284 g/mol. The number of hydrogen-bond donors (Lipinski definition) is 1. The largest absolute Gasteiger partial charge is 0.493 e. The van der Waals surface area contributed by atoms with Crippen LogP contribution in [0, 0.1) is 6.92 Å². The number of nitrogens with zero attached hydrogens (tertiary/aromatic N) is 1. The number of ether oxygens (including phenoxy) is 2. The van der Waals surface area contributed by atoms with Crippen molar-refractivity contribution in [3.63, 3.8) is 0 Å². The number of hydrogen-bond acceptors (Lipinski definition) is 4. The molecule has 0 aliphatic carbocycles. The van der Waals surface area contributed by atoms with E-state index in [4.69, 9.17) is 9.47 Å².